The lowest BCUT2D eigenvalue weighted by molar-refractivity contribution is -0.118. The standard InChI is InChI=1S/C23H30N2O6S/c1-17-8-9-18(12-22(17)32(27,28)25-10-6-4-5-7-11-25)24-23(26)16-31-21-14-19(29-2)13-20(15-21)30-3/h8-9,12-15H,4-7,10-11,16H2,1-3H3,(H,24,26). The van der Waals surface area contributed by atoms with Crippen LogP contribution in [0.4, 0.5) is 5.69 Å². The quantitative estimate of drug-likeness (QED) is 0.644. The molecule has 1 heterocycles. The maximum Gasteiger partial charge on any atom is 0.262 e. The lowest BCUT2D eigenvalue weighted by Crippen LogP contribution is -2.32. The molecule has 0 spiro atoms. The normalized spacial score (nSPS) is 15.0. The molecule has 0 bridgehead atoms. The molecule has 3 rings (SSSR count). The van der Waals surface area contributed by atoms with Gasteiger partial charge in [-0.1, -0.05) is 18.9 Å². The van der Waals surface area contributed by atoms with Crippen molar-refractivity contribution in [1.29, 1.82) is 0 Å². The van der Waals surface area contributed by atoms with Crippen LogP contribution in [0.2, 0.25) is 0 Å². The SMILES string of the molecule is COc1cc(OC)cc(OCC(=O)Nc2ccc(C)c(S(=O)(=O)N3CCCCCC3)c2)c1. The van der Waals surface area contributed by atoms with E-state index in [2.05, 4.69) is 5.32 Å². The number of sulfonamides is 1. The van der Waals surface area contributed by atoms with Crippen LogP contribution < -0.4 is 19.5 Å². The Morgan fingerprint density at radius 3 is 2.12 bits per heavy atom. The molecule has 9 heteroatoms. The fourth-order valence-corrected chi connectivity index (χ4v) is 5.36. The second-order valence-corrected chi connectivity index (χ2v) is 9.59. The van der Waals surface area contributed by atoms with Crippen LogP contribution in [0, 0.1) is 6.92 Å². The van der Waals surface area contributed by atoms with E-state index in [0.29, 0.717) is 41.6 Å². The van der Waals surface area contributed by atoms with Crippen molar-refractivity contribution >= 4 is 21.6 Å². The molecule has 1 saturated heterocycles. The molecule has 1 fully saturated rings. The number of nitrogens with one attached hydrogen (secondary N) is 1. The molecule has 2 aromatic carbocycles. The van der Waals surface area contributed by atoms with Crippen molar-refractivity contribution in [2.75, 3.05) is 39.2 Å². The van der Waals surface area contributed by atoms with Crippen molar-refractivity contribution in [1.82, 2.24) is 4.31 Å². The van der Waals surface area contributed by atoms with E-state index in [-0.39, 0.29) is 11.5 Å². The maximum absolute atomic E-state index is 13.2. The molecule has 0 saturated carbocycles. The van der Waals surface area contributed by atoms with E-state index in [1.807, 2.05) is 0 Å². The Bertz CT molecular complexity index is 1020. The van der Waals surface area contributed by atoms with E-state index < -0.39 is 15.9 Å². The number of nitrogens with zero attached hydrogens (tertiary/aromatic N) is 1. The average molecular weight is 463 g/mol. The van der Waals surface area contributed by atoms with Gasteiger partial charge in [-0.2, -0.15) is 4.31 Å². The Kier molecular flexibility index (Phi) is 7.98. The molecular formula is C23H30N2O6S. The third kappa shape index (κ3) is 5.92. The molecule has 1 aliphatic heterocycles. The van der Waals surface area contributed by atoms with Gasteiger partial charge in [-0.05, 0) is 37.5 Å². The van der Waals surface area contributed by atoms with Crippen LogP contribution in [0.15, 0.2) is 41.3 Å². The Balaban J connectivity index is 1.69. The van der Waals surface area contributed by atoms with Crippen LogP contribution >= 0.6 is 0 Å². The summed E-state index contributed by atoms with van der Waals surface area (Å²) in [6, 6.07) is 9.89. The summed E-state index contributed by atoms with van der Waals surface area (Å²) < 4.78 is 43.9. The lowest BCUT2D eigenvalue weighted by Gasteiger charge is -2.21. The van der Waals surface area contributed by atoms with Crippen LogP contribution in [0.1, 0.15) is 31.2 Å². The minimum Gasteiger partial charge on any atom is -0.496 e. The van der Waals surface area contributed by atoms with Crippen molar-refractivity contribution in [2.45, 2.75) is 37.5 Å². The van der Waals surface area contributed by atoms with Gasteiger partial charge < -0.3 is 19.5 Å². The number of anilines is 1. The zero-order chi connectivity index (χ0) is 23.1. The van der Waals surface area contributed by atoms with E-state index in [0.717, 1.165) is 25.7 Å². The number of rotatable bonds is 8. The maximum atomic E-state index is 13.2. The topological polar surface area (TPSA) is 94.2 Å². The Morgan fingerprint density at radius 2 is 1.53 bits per heavy atom. The van der Waals surface area contributed by atoms with Crippen LogP contribution in [0.25, 0.3) is 0 Å². The third-order valence-corrected chi connectivity index (χ3v) is 7.39. The Labute approximate surface area is 189 Å². The van der Waals surface area contributed by atoms with Gasteiger partial charge >= 0.3 is 0 Å². The van der Waals surface area contributed by atoms with Gasteiger partial charge in [-0.15, -0.1) is 0 Å². The highest BCUT2D eigenvalue weighted by atomic mass is 32.2. The number of amides is 1. The summed E-state index contributed by atoms with van der Waals surface area (Å²) in [5, 5.41) is 2.71. The van der Waals surface area contributed by atoms with E-state index >= 15 is 0 Å². The van der Waals surface area contributed by atoms with Crippen molar-refractivity contribution < 1.29 is 27.4 Å². The molecule has 0 unspecified atom stereocenters. The van der Waals surface area contributed by atoms with Crippen LogP contribution in [-0.2, 0) is 14.8 Å². The second kappa shape index (κ2) is 10.7. The van der Waals surface area contributed by atoms with Gasteiger partial charge in [0.15, 0.2) is 6.61 Å². The largest absolute Gasteiger partial charge is 0.496 e. The van der Waals surface area contributed by atoms with E-state index in [4.69, 9.17) is 14.2 Å². The molecule has 1 amide bonds. The number of aryl methyl sites for hydroxylation is 1. The Morgan fingerprint density at radius 1 is 0.938 bits per heavy atom. The summed E-state index contributed by atoms with van der Waals surface area (Å²) in [6.45, 7) is 2.56. The molecule has 2 aromatic rings. The predicted octanol–water partition coefficient (Wildman–Crippen LogP) is 3.59. The number of hydrogen-bond acceptors (Lipinski definition) is 6. The number of carbonyl (C=O) groups excluding carboxylic acids is 1. The first kappa shape index (κ1) is 23.9. The third-order valence-electron chi connectivity index (χ3n) is 5.35. The van der Waals surface area contributed by atoms with Crippen LogP contribution in [-0.4, -0.2) is 52.5 Å². The first-order valence-electron chi connectivity index (χ1n) is 10.6. The summed E-state index contributed by atoms with van der Waals surface area (Å²) in [7, 11) is -0.567. The predicted molar refractivity (Wildman–Crippen MR) is 122 cm³/mol. The van der Waals surface area contributed by atoms with Crippen LogP contribution in [0.5, 0.6) is 17.2 Å². The zero-order valence-electron chi connectivity index (χ0n) is 18.7. The summed E-state index contributed by atoms with van der Waals surface area (Å²) in [5.41, 5.74) is 1.05. The molecular weight excluding hydrogens is 432 g/mol. The van der Waals surface area contributed by atoms with Crippen LogP contribution in [0.3, 0.4) is 0 Å². The number of benzene rings is 2. The molecule has 1 N–H and O–H groups in total. The van der Waals surface area contributed by atoms with Crippen molar-refractivity contribution in [3.05, 3.63) is 42.0 Å². The van der Waals surface area contributed by atoms with Gasteiger partial charge in [-0.25, -0.2) is 8.42 Å². The minimum absolute atomic E-state index is 0.218. The second-order valence-electron chi connectivity index (χ2n) is 7.68. The molecule has 1 aliphatic rings. The summed E-state index contributed by atoms with van der Waals surface area (Å²) in [6.07, 6.45) is 3.81. The van der Waals surface area contributed by atoms with Crippen molar-refractivity contribution in [2.24, 2.45) is 0 Å². The van der Waals surface area contributed by atoms with Gasteiger partial charge in [0.05, 0.1) is 19.1 Å². The minimum atomic E-state index is -3.62. The Hall–Kier alpha value is -2.78. The number of ether oxygens (including phenoxy) is 3. The fourth-order valence-electron chi connectivity index (χ4n) is 3.59. The van der Waals surface area contributed by atoms with Gasteiger partial charge in [-0.3, -0.25) is 4.79 Å². The van der Waals surface area contributed by atoms with Gasteiger partial charge in [0.25, 0.3) is 5.91 Å². The van der Waals surface area contributed by atoms with Crippen molar-refractivity contribution in [3.8, 4) is 17.2 Å². The summed E-state index contributed by atoms with van der Waals surface area (Å²) in [4.78, 5) is 12.6. The number of methoxy groups -OCH3 is 2. The van der Waals surface area contributed by atoms with E-state index in [1.165, 1.54) is 20.3 Å². The van der Waals surface area contributed by atoms with Gasteiger partial charge in [0.2, 0.25) is 10.0 Å². The van der Waals surface area contributed by atoms with Gasteiger partial charge in [0, 0.05) is 37.0 Å². The van der Waals surface area contributed by atoms with E-state index in [9.17, 15) is 13.2 Å². The molecule has 0 atom stereocenters. The summed E-state index contributed by atoms with van der Waals surface area (Å²) >= 11 is 0. The number of hydrogen-bond donors (Lipinski definition) is 1. The highest BCUT2D eigenvalue weighted by Gasteiger charge is 2.27. The molecule has 0 aromatic heterocycles. The van der Waals surface area contributed by atoms with Crippen molar-refractivity contribution in [3.63, 3.8) is 0 Å². The number of carbonyl (C=O) groups is 1. The fraction of sp³-hybridized carbons (Fsp3) is 0.435. The average Bonchev–Trinajstić information content (AvgIpc) is 3.09. The molecule has 32 heavy (non-hydrogen) atoms. The highest BCUT2D eigenvalue weighted by molar-refractivity contribution is 7.89. The highest BCUT2D eigenvalue weighted by Crippen LogP contribution is 2.28. The first-order chi connectivity index (χ1) is 15.3. The zero-order valence-corrected chi connectivity index (χ0v) is 19.5. The van der Waals surface area contributed by atoms with Gasteiger partial charge in [0.1, 0.15) is 17.2 Å². The monoisotopic (exact) mass is 462 g/mol. The molecule has 8 nitrogen and oxygen atoms in total. The molecule has 0 radical (unpaired) electrons. The lowest BCUT2D eigenvalue weighted by atomic mass is 10.2. The molecule has 0 aliphatic carbocycles. The first-order valence-corrected chi connectivity index (χ1v) is 12.0. The smallest absolute Gasteiger partial charge is 0.262 e. The molecule has 174 valence electrons. The summed E-state index contributed by atoms with van der Waals surface area (Å²) in [5.74, 6) is 1.10. The van der Waals surface area contributed by atoms with E-state index in [1.54, 1.807) is 41.6 Å².